The molecule has 0 aliphatic carbocycles. The van der Waals surface area contributed by atoms with Gasteiger partial charge >= 0.3 is 5.97 Å². The third-order valence-electron chi connectivity index (χ3n) is 3.51. The summed E-state index contributed by atoms with van der Waals surface area (Å²) >= 11 is 0. The molecule has 2 N–H and O–H groups in total. The zero-order valence-electron chi connectivity index (χ0n) is 11.2. The number of rotatable bonds is 5. The molecule has 1 aromatic carbocycles. The molecule has 108 valence electrons. The Morgan fingerprint density at radius 2 is 2.10 bits per heavy atom. The maximum atomic E-state index is 12.0. The molecule has 0 aromatic heterocycles. The molecule has 2 unspecified atom stereocenters. The molecule has 2 atom stereocenters. The third kappa shape index (κ3) is 3.81. The zero-order chi connectivity index (χ0) is 14.4. The summed E-state index contributed by atoms with van der Waals surface area (Å²) in [7, 11) is 0. The van der Waals surface area contributed by atoms with Crippen molar-refractivity contribution in [3.05, 3.63) is 35.9 Å². The van der Waals surface area contributed by atoms with Crippen LogP contribution < -0.4 is 5.32 Å². The SMILES string of the molecule is O=C(NCC(C(=O)O)c1ccccc1)C1CCCOC1. The van der Waals surface area contributed by atoms with E-state index in [9.17, 15) is 14.7 Å². The number of nitrogens with one attached hydrogen (secondary N) is 1. The van der Waals surface area contributed by atoms with Crippen molar-refractivity contribution in [2.24, 2.45) is 5.92 Å². The van der Waals surface area contributed by atoms with E-state index in [1.54, 1.807) is 24.3 Å². The van der Waals surface area contributed by atoms with Gasteiger partial charge in [-0.1, -0.05) is 30.3 Å². The summed E-state index contributed by atoms with van der Waals surface area (Å²) in [4.78, 5) is 23.3. The minimum atomic E-state index is -0.934. The Labute approximate surface area is 117 Å². The van der Waals surface area contributed by atoms with Crippen molar-refractivity contribution in [1.29, 1.82) is 0 Å². The maximum Gasteiger partial charge on any atom is 0.312 e. The van der Waals surface area contributed by atoms with Crippen LogP contribution in [0.5, 0.6) is 0 Å². The first kappa shape index (κ1) is 14.5. The smallest absolute Gasteiger partial charge is 0.312 e. The third-order valence-corrected chi connectivity index (χ3v) is 3.51. The molecule has 1 amide bonds. The second-order valence-corrected chi connectivity index (χ2v) is 4.96. The van der Waals surface area contributed by atoms with Crippen molar-refractivity contribution in [3.63, 3.8) is 0 Å². The molecule has 20 heavy (non-hydrogen) atoms. The first-order valence-electron chi connectivity index (χ1n) is 6.81. The van der Waals surface area contributed by atoms with Gasteiger partial charge in [-0.2, -0.15) is 0 Å². The van der Waals surface area contributed by atoms with Gasteiger partial charge in [0.25, 0.3) is 0 Å². The summed E-state index contributed by atoms with van der Waals surface area (Å²) in [6, 6.07) is 8.94. The lowest BCUT2D eigenvalue weighted by Gasteiger charge is -2.22. The Morgan fingerprint density at radius 3 is 2.70 bits per heavy atom. The molecule has 0 spiro atoms. The maximum absolute atomic E-state index is 12.0. The van der Waals surface area contributed by atoms with Gasteiger partial charge in [0.15, 0.2) is 0 Å². The number of carbonyl (C=O) groups is 2. The van der Waals surface area contributed by atoms with Gasteiger partial charge in [0.1, 0.15) is 0 Å². The molecule has 1 heterocycles. The first-order chi connectivity index (χ1) is 9.68. The number of carboxylic acid groups (broad SMARTS) is 1. The highest BCUT2D eigenvalue weighted by Gasteiger charge is 2.25. The summed E-state index contributed by atoms with van der Waals surface area (Å²) in [5.74, 6) is -1.93. The first-order valence-corrected chi connectivity index (χ1v) is 6.81. The highest BCUT2D eigenvalue weighted by Crippen LogP contribution is 2.17. The fourth-order valence-corrected chi connectivity index (χ4v) is 2.33. The molecule has 0 radical (unpaired) electrons. The van der Waals surface area contributed by atoms with Gasteiger partial charge in [-0.3, -0.25) is 9.59 Å². The van der Waals surface area contributed by atoms with Crippen molar-refractivity contribution in [2.45, 2.75) is 18.8 Å². The lowest BCUT2D eigenvalue weighted by molar-refractivity contribution is -0.138. The molecule has 1 aliphatic rings. The normalized spacial score (nSPS) is 20.1. The largest absolute Gasteiger partial charge is 0.481 e. The standard InChI is InChI=1S/C15H19NO4/c17-14(12-7-4-8-20-10-12)16-9-13(15(18)19)11-5-2-1-3-6-11/h1-3,5-6,12-13H,4,7-10H2,(H,16,17)(H,18,19). The average molecular weight is 277 g/mol. The predicted octanol–water partition coefficient (Wildman–Crippen LogP) is 1.40. The Morgan fingerprint density at radius 1 is 1.35 bits per heavy atom. The van der Waals surface area contributed by atoms with E-state index < -0.39 is 11.9 Å². The van der Waals surface area contributed by atoms with Crippen molar-refractivity contribution < 1.29 is 19.4 Å². The molecule has 5 nitrogen and oxygen atoms in total. The summed E-state index contributed by atoms with van der Waals surface area (Å²) in [5.41, 5.74) is 0.695. The number of hydrogen-bond acceptors (Lipinski definition) is 3. The number of ether oxygens (including phenoxy) is 1. The minimum Gasteiger partial charge on any atom is -0.481 e. The summed E-state index contributed by atoms with van der Waals surface area (Å²) in [6.45, 7) is 1.23. The van der Waals surface area contributed by atoms with Crippen molar-refractivity contribution in [3.8, 4) is 0 Å². The van der Waals surface area contributed by atoms with Gasteiger partial charge in [-0.25, -0.2) is 0 Å². The summed E-state index contributed by atoms with van der Waals surface area (Å²) in [6.07, 6.45) is 1.67. The van der Waals surface area contributed by atoms with Crippen LogP contribution in [-0.2, 0) is 14.3 Å². The van der Waals surface area contributed by atoms with E-state index in [1.807, 2.05) is 6.07 Å². The molecule has 5 heteroatoms. The van der Waals surface area contributed by atoms with E-state index in [0.717, 1.165) is 12.8 Å². The molecule has 0 bridgehead atoms. The molecule has 1 fully saturated rings. The predicted molar refractivity (Wildman–Crippen MR) is 73.4 cm³/mol. The van der Waals surface area contributed by atoms with Crippen molar-refractivity contribution >= 4 is 11.9 Å². The van der Waals surface area contributed by atoms with E-state index in [1.165, 1.54) is 0 Å². The molecular weight excluding hydrogens is 258 g/mol. The van der Waals surface area contributed by atoms with Crippen LogP contribution in [0.1, 0.15) is 24.3 Å². The van der Waals surface area contributed by atoms with E-state index in [2.05, 4.69) is 5.32 Å². The molecule has 1 aliphatic heterocycles. The Kier molecular flexibility index (Phi) is 5.12. The van der Waals surface area contributed by atoms with Crippen LogP contribution in [0.4, 0.5) is 0 Å². The number of aliphatic carboxylic acids is 1. The van der Waals surface area contributed by atoms with Gasteiger partial charge < -0.3 is 15.2 Å². The van der Waals surface area contributed by atoms with Gasteiger partial charge in [0.05, 0.1) is 18.4 Å². The highest BCUT2D eigenvalue weighted by molar-refractivity contribution is 5.81. The molecule has 1 aromatic rings. The van der Waals surface area contributed by atoms with Crippen LogP contribution in [0.3, 0.4) is 0 Å². The van der Waals surface area contributed by atoms with Gasteiger partial charge in [-0.05, 0) is 18.4 Å². The molecule has 1 saturated heterocycles. The zero-order valence-corrected chi connectivity index (χ0v) is 11.2. The van der Waals surface area contributed by atoms with Crippen LogP contribution in [-0.4, -0.2) is 36.7 Å². The van der Waals surface area contributed by atoms with Gasteiger partial charge in [-0.15, -0.1) is 0 Å². The minimum absolute atomic E-state index is 0.106. The second-order valence-electron chi connectivity index (χ2n) is 4.96. The van der Waals surface area contributed by atoms with E-state index in [0.29, 0.717) is 18.8 Å². The van der Waals surface area contributed by atoms with E-state index in [4.69, 9.17) is 4.74 Å². The van der Waals surface area contributed by atoms with Gasteiger partial charge in [0.2, 0.25) is 5.91 Å². The Hall–Kier alpha value is -1.88. The number of hydrogen-bond donors (Lipinski definition) is 2. The summed E-state index contributed by atoms with van der Waals surface area (Å²) in [5, 5.41) is 12.0. The highest BCUT2D eigenvalue weighted by atomic mass is 16.5. The Balaban J connectivity index is 1.92. The topological polar surface area (TPSA) is 75.6 Å². The van der Waals surface area contributed by atoms with E-state index in [-0.39, 0.29) is 18.4 Å². The second kappa shape index (κ2) is 7.05. The number of carbonyl (C=O) groups excluding carboxylic acids is 1. The fraction of sp³-hybridized carbons (Fsp3) is 0.467. The molecule has 0 saturated carbocycles. The summed E-state index contributed by atoms with van der Waals surface area (Å²) < 4.78 is 5.26. The number of amides is 1. The molecule has 2 rings (SSSR count). The Bertz CT molecular complexity index is 454. The quantitative estimate of drug-likeness (QED) is 0.853. The van der Waals surface area contributed by atoms with E-state index >= 15 is 0 Å². The van der Waals surface area contributed by atoms with Crippen LogP contribution in [0.15, 0.2) is 30.3 Å². The van der Waals surface area contributed by atoms with Crippen LogP contribution in [0, 0.1) is 5.92 Å². The number of carboxylic acids is 1. The number of benzene rings is 1. The van der Waals surface area contributed by atoms with Crippen molar-refractivity contribution in [2.75, 3.05) is 19.8 Å². The fourth-order valence-electron chi connectivity index (χ4n) is 2.33. The van der Waals surface area contributed by atoms with Crippen molar-refractivity contribution in [1.82, 2.24) is 5.32 Å². The molecular formula is C15H19NO4. The lowest BCUT2D eigenvalue weighted by atomic mass is 9.98. The monoisotopic (exact) mass is 277 g/mol. The van der Waals surface area contributed by atoms with Crippen LogP contribution in [0.2, 0.25) is 0 Å². The average Bonchev–Trinajstić information content (AvgIpc) is 2.49. The van der Waals surface area contributed by atoms with Crippen LogP contribution in [0.25, 0.3) is 0 Å². The lowest BCUT2D eigenvalue weighted by Crippen LogP contribution is -2.38. The van der Waals surface area contributed by atoms with Gasteiger partial charge in [0, 0.05) is 13.2 Å². The van der Waals surface area contributed by atoms with Crippen LogP contribution >= 0.6 is 0 Å².